The molecule has 294 valence electrons. The van der Waals surface area contributed by atoms with Gasteiger partial charge in [-0.2, -0.15) is 0 Å². The molecule has 10 aromatic carbocycles. The minimum absolute atomic E-state index is 0.333. The highest BCUT2D eigenvalue weighted by molar-refractivity contribution is 6.11. The first-order chi connectivity index (χ1) is 30.5. The molecule has 0 radical (unpaired) electrons. The molecule has 0 fully saturated rings. The van der Waals surface area contributed by atoms with Gasteiger partial charge in [0.15, 0.2) is 5.58 Å². The molecule has 1 aliphatic heterocycles. The minimum Gasteiger partial charge on any atom is -0.454 e. The Labute approximate surface area is 361 Å². The number of anilines is 6. The zero-order valence-corrected chi connectivity index (χ0v) is 34.6. The van der Waals surface area contributed by atoms with Crippen molar-refractivity contribution in [2.75, 3.05) is 9.80 Å². The lowest BCUT2D eigenvalue weighted by atomic mass is 9.73. The van der Waals surface area contributed by atoms with Crippen LogP contribution in [0.1, 0.15) is 25.0 Å². The summed E-state index contributed by atoms with van der Waals surface area (Å²) in [6, 6.07) is 79.3. The first-order valence-electron chi connectivity index (χ1n) is 21.4. The molecule has 3 nitrogen and oxygen atoms in total. The van der Waals surface area contributed by atoms with E-state index in [2.05, 4.69) is 236 Å². The lowest BCUT2D eigenvalue weighted by Gasteiger charge is -2.43. The maximum absolute atomic E-state index is 6.75. The summed E-state index contributed by atoms with van der Waals surface area (Å²) in [5.74, 6) is 0. The summed E-state index contributed by atoms with van der Waals surface area (Å²) >= 11 is 0. The summed E-state index contributed by atoms with van der Waals surface area (Å²) in [5.41, 5.74) is 15.3. The molecule has 12 rings (SSSR count). The number of furan rings is 1. The lowest BCUT2D eigenvalue weighted by molar-refractivity contribution is 0.632. The largest absolute Gasteiger partial charge is 0.454 e. The van der Waals surface area contributed by atoms with Crippen molar-refractivity contribution in [2.24, 2.45) is 0 Å². The molecule has 62 heavy (non-hydrogen) atoms. The Bertz CT molecular complexity index is 3510. The molecule has 3 heteroatoms. The number of hydrogen-bond donors (Lipinski definition) is 0. The third-order valence-electron chi connectivity index (χ3n) is 13.0. The Morgan fingerprint density at radius 2 is 1.05 bits per heavy atom. The van der Waals surface area contributed by atoms with E-state index in [9.17, 15) is 0 Å². The second-order valence-electron chi connectivity index (χ2n) is 16.9. The van der Waals surface area contributed by atoms with Crippen molar-refractivity contribution in [2.45, 2.75) is 19.3 Å². The molecule has 0 saturated carbocycles. The quantitative estimate of drug-likeness (QED) is 0.167. The van der Waals surface area contributed by atoms with E-state index in [0.717, 1.165) is 44.7 Å². The van der Waals surface area contributed by atoms with Crippen LogP contribution in [0.25, 0.3) is 65.7 Å². The summed E-state index contributed by atoms with van der Waals surface area (Å²) in [6.07, 6.45) is 0. The topological polar surface area (TPSA) is 19.6 Å². The average molecular weight is 795 g/mol. The van der Waals surface area contributed by atoms with Crippen LogP contribution in [0.15, 0.2) is 223 Å². The number of nitrogens with zero attached hydrogens (tertiary/aromatic N) is 2. The number of fused-ring (bicyclic) bond motifs is 7. The second-order valence-corrected chi connectivity index (χ2v) is 16.9. The third-order valence-corrected chi connectivity index (χ3v) is 13.0. The van der Waals surface area contributed by atoms with Gasteiger partial charge in [0, 0.05) is 38.5 Å². The van der Waals surface area contributed by atoms with E-state index < -0.39 is 0 Å². The molecule has 0 spiro atoms. The van der Waals surface area contributed by atoms with Crippen LogP contribution in [0.2, 0.25) is 0 Å². The summed E-state index contributed by atoms with van der Waals surface area (Å²) in [4.78, 5) is 4.91. The van der Waals surface area contributed by atoms with Gasteiger partial charge in [-0.05, 0) is 98.6 Å². The first-order valence-corrected chi connectivity index (χ1v) is 21.4. The van der Waals surface area contributed by atoms with E-state index in [1.165, 1.54) is 66.3 Å². The van der Waals surface area contributed by atoms with E-state index >= 15 is 0 Å². The maximum Gasteiger partial charge on any atom is 0.159 e. The highest BCUT2D eigenvalue weighted by Gasteiger charge is 2.39. The van der Waals surface area contributed by atoms with Gasteiger partial charge < -0.3 is 14.2 Å². The normalized spacial score (nSPS) is 13.1. The van der Waals surface area contributed by atoms with Crippen molar-refractivity contribution in [3.63, 3.8) is 0 Å². The Hall–Kier alpha value is -7.88. The van der Waals surface area contributed by atoms with Gasteiger partial charge in [0.25, 0.3) is 0 Å². The van der Waals surface area contributed by atoms with E-state index in [4.69, 9.17) is 4.42 Å². The van der Waals surface area contributed by atoms with Crippen LogP contribution < -0.4 is 9.80 Å². The van der Waals surface area contributed by atoms with Crippen LogP contribution in [0, 0.1) is 0 Å². The Kier molecular flexibility index (Phi) is 8.20. The van der Waals surface area contributed by atoms with Gasteiger partial charge in [-0.15, -0.1) is 0 Å². The fourth-order valence-corrected chi connectivity index (χ4v) is 9.93. The van der Waals surface area contributed by atoms with Gasteiger partial charge in [-0.25, -0.2) is 0 Å². The Balaban J connectivity index is 1.10. The molecule has 0 N–H and O–H groups in total. The van der Waals surface area contributed by atoms with Crippen LogP contribution in [0.3, 0.4) is 0 Å². The molecule has 2 heterocycles. The zero-order valence-electron chi connectivity index (χ0n) is 34.6. The molecule has 0 bridgehead atoms. The first kappa shape index (κ1) is 36.0. The fraction of sp³-hybridized carbons (Fsp3) is 0.0508. The smallest absolute Gasteiger partial charge is 0.159 e. The van der Waals surface area contributed by atoms with Crippen LogP contribution in [0.4, 0.5) is 34.1 Å². The maximum atomic E-state index is 6.75. The predicted octanol–water partition coefficient (Wildman–Crippen LogP) is 16.8. The highest BCUT2D eigenvalue weighted by Crippen LogP contribution is 2.56. The highest BCUT2D eigenvalue weighted by atomic mass is 16.3. The van der Waals surface area contributed by atoms with E-state index in [1.807, 2.05) is 6.07 Å². The second kappa shape index (κ2) is 14.1. The number of benzene rings is 10. The van der Waals surface area contributed by atoms with E-state index in [-0.39, 0.29) is 5.41 Å². The van der Waals surface area contributed by atoms with Gasteiger partial charge in [-0.1, -0.05) is 178 Å². The number of hydrogen-bond acceptors (Lipinski definition) is 3. The van der Waals surface area contributed by atoms with E-state index in [0.29, 0.717) is 0 Å². The summed E-state index contributed by atoms with van der Waals surface area (Å²) in [5, 5.41) is 7.08. The summed E-state index contributed by atoms with van der Waals surface area (Å²) in [7, 11) is 0. The molecule has 1 aliphatic rings. The van der Waals surface area contributed by atoms with Crippen LogP contribution in [0.5, 0.6) is 0 Å². The molecule has 1 aromatic heterocycles. The van der Waals surface area contributed by atoms with Gasteiger partial charge >= 0.3 is 0 Å². The number of rotatable bonds is 6. The Morgan fingerprint density at radius 3 is 1.90 bits per heavy atom. The molecule has 0 saturated heterocycles. The van der Waals surface area contributed by atoms with Gasteiger partial charge in [0.1, 0.15) is 5.58 Å². The van der Waals surface area contributed by atoms with Crippen molar-refractivity contribution in [3.05, 3.63) is 230 Å². The van der Waals surface area contributed by atoms with Crippen LogP contribution in [-0.4, -0.2) is 0 Å². The van der Waals surface area contributed by atoms with Crippen molar-refractivity contribution >= 4 is 77.6 Å². The molecule has 0 aliphatic carbocycles. The zero-order chi connectivity index (χ0) is 41.4. The molecule has 0 atom stereocenters. The van der Waals surface area contributed by atoms with Gasteiger partial charge in [-0.3, -0.25) is 0 Å². The molecule has 0 unspecified atom stereocenters. The fourth-order valence-electron chi connectivity index (χ4n) is 9.93. The monoisotopic (exact) mass is 794 g/mol. The van der Waals surface area contributed by atoms with Crippen molar-refractivity contribution in [1.82, 2.24) is 0 Å². The van der Waals surface area contributed by atoms with Crippen molar-refractivity contribution in [3.8, 4) is 22.3 Å². The third kappa shape index (κ3) is 5.66. The minimum atomic E-state index is -0.333. The summed E-state index contributed by atoms with van der Waals surface area (Å²) < 4.78 is 6.75. The van der Waals surface area contributed by atoms with Crippen LogP contribution >= 0.6 is 0 Å². The lowest BCUT2D eigenvalue weighted by Crippen LogP contribution is -2.31. The molecule has 11 aromatic rings. The van der Waals surface area contributed by atoms with E-state index in [1.54, 1.807) is 0 Å². The molecule has 0 amide bonds. The van der Waals surface area contributed by atoms with Gasteiger partial charge in [0.2, 0.25) is 0 Å². The standard InChI is InChI=1S/C59H42N2O/c1-59(2)51-23-11-12-24-53(51)61(57-47-20-9-8-18-42(47)31-35-48(57)44-28-27-40-17-6-7-19-43(40)37-44)54-36-34-46(38-52(54)59)60(45-32-29-41(30-33-45)39-15-4-3-5-16-39)55-25-14-22-50-49-21-10-13-26-56(49)62-58(50)55/h3-38H,1-2H3. The van der Waals surface area contributed by atoms with Gasteiger partial charge in [0.05, 0.1) is 22.7 Å². The van der Waals surface area contributed by atoms with Crippen molar-refractivity contribution < 1.29 is 4.42 Å². The van der Waals surface area contributed by atoms with Crippen LogP contribution in [-0.2, 0) is 5.41 Å². The SMILES string of the molecule is CC1(C)c2ccccc2N(c2c(-c3ccc4ccccc4c3)ccc3ccccc23)c2ccc(N(c3ccc(-c4ccccc4)cc3)c3cccc4c3oc3ccccc34)cc21. The van der Waals surface area contributed by atoms with Crippen molar-refractivity contribution in [1.29, 1.82) is 0 Å². The number of para-hydroxylation sites is 3. The molecular weight excluding hydrogens is 753 g/mol. The predicted molar refractivity (Wildman–Crippen MR) is 261 cm³/mol. The Morgan fingerprint density at radius 1 is 0.419 bits per heavy atom. The average Bonchev–Trinajstić information content (AvgIpc) is 3.72. The molecular formula is C59H42N2O. The summed E-state index contributed by atoms with van der Waals surface area (Å²) in [6.45, 7) is 4.75.